The molecule has 0 aliphatic rings. The minimum atomic E-state index is -4.73. The lowest BCUT2D eigenvalue weighted by Crippen LogP contribution is -2.31. The molecule has 0 saturated heterocycles. The van der Waals surface area contributed by atoms with Crippen LogP contribution in [0.5, 0.6) is 5.75 Å². The van der Waals surface area contributed by atoms with Crippen LogP contribution in [0.2, 0.25) is 0 Å². The number of nitrogens with one attached hydrogen (secondary N) is 2. The molecule has 1 amide bonds. The van der Waals surface area contributed by atoms with Crippen LogP contribution in [0, 0.1) is 0 Å². The van der Waals surface area contributed by atoms with E-state index in [0.717, 1.165) is 6.54 Å². The molecule has 0 heterocycles. The van der Waals surface area contributed by atoms with Crippen LogP contribution in [0.4, 0.5) is 13.2 Å². The first-order valence-electron chi connectivity index (χ1n) is 6.73. The van der Waals surface area contributed by atoms with Gasteiger partial charge in [0.1, 0.15) is 5.75 Å². The maximum Gasteiger partial charge on any atom is 0.573 e. The topological polar surface area (TPSA) is 50.4 Å². The summed E-state index contributed by atoms with van der Waals surface area (Å²) in [5.74, 6) is -0.458. The summed E-state index contributed by atoms with van der Waals surface area (Å²) in [5, 5.41) is 5.74. The predicted molar refractivity (Wildman–Crippen MR) is 80.2 cm³/mol. The summed E-state index contributed by atoms with van der Waals surface area (Å²) < 4.78 is 40.7. The van der Waals surface area contributed by atoms with Crippen molar-refractivity contribution in [3.05, 3.63) is 29.8 Å². The van der Waals surface area contributed by atoms with Crippen molar-refractivity contribution in [3.8, 4) is 5.75 Å². The van der Waals surface area contributed by atoms with Gasteiger partial charge in [-0.05, 0) is 24.6 Å². The molecule has 22 heavy (non-hydrogen) atoms. The first-order valence-corrected chi connectivity index (χ1v) is 6.73. The predicted octanol–water partition coefficient (Wildman–Crippen LogP) is 2.67. The van der Waals surface area contributed by atoms with E-state index in [2.05, 4.69) is 15.4 Å². The van der Waals surface area contributed by atoms with Gasteiger partial charge in [-0.2, -0.15) is 0 Å². The normalized spacial score (nSPS) is 10.7. The summed E-state index contributed by atoms with van der Waals surface area (Å²) in [6, 6.07) is 5.83. The minimum absolute atomic E-state index is 0. The average molecular weight is 341 g/mol. The Labute approximate surface area is 133 Å². The number of para-hydroxylation sites is 1. The van der Waals surface area contributed by atoms with Crippen molar-refractivity contribution in [2.45, 2.75) is 26.1 Å². The van der Waals surface area contributed by atoms with E-state index in [1.807, 2.05) is 6.92 Å². The second-order valence-electron chi connectivity index (χ2n) is 4.36. The molecule has 1 rings (SSSR count). The fourth-order valence-electron chi connectivity index (χ4n) is 1.74. The first-order chi connectivity index (χ1) is 9.92. The van der Waals surface area contributed by atoms with E-state index in [9.17, 15) is 18.0 Å². The number of likely N-dealkylation sites (N-methyl/N-ethyl adjacent to an activating group) is 1. The van der Waals surface area contributed by atoms with E-state index in [1.54, 1.807) is 6.07 Å². The van der Waals surface area contributed by atoms with Gasteiger partial charge in [0.15, 0.2) is 0 Å². The van der Waals surface area contributed by atoms with Crippen LogP contribution in [0.25, 0.3) is 0 Å². The minimum Gasteiger partial charge on any atom is -0.406 e. The van der Waals surface area contributed by atoms with Gasteiger partial charge < -0.3 is 15.4 Å². The molecule has 0 saturated carbocycles. The molecule has 126 valence electrons. The highest BCUT2D eigenvalue weighted by Crippen LogP contribution is 2.26. The van der Waals surface area contributed by atoms with Gasteiger partial charge in [-0.25, -0.2) is 0 Å². The zero-order valence-electron chi connectivity index (χ0n) is 12.2. The van der Waals surface area contributed by atoms with Crippen molar-refractivity contribution in [1.82, 2.24) is 10.6 Å². The highest BCUT2D eigenvalue weighted by Gasteiger charge is 2.31. The van der Waals surface area contributed by atoms with E-state index in [4.69, 9.17) is 0 Å². The Morgan fingerprint density at radius 1 is 1.23 bits per heavy atom. The van der Waals surface area contributed by atoms with Crippen molar-refractivity contribution < 1.29 is 22.7 Å². The number of benzene rings is 1. The van der Waals surface area contributed by atoms with Crippen LogP contribution < -0.4 is 15.4 Å². The van der Waals surface area contributed by atoms with Gasteiger partial charge in [0.05, 0.1) is 0 Å². The Balaban J connectivity index is 0.00000441. The van der Waals surface area contributed by atoms with Crippen LogP contribution in [-0.4, -0.2) is 31.9 Å². The number of halogens is 4. The molecule has 0 unspecified atom stereocenters. The number of aryl methyl sites for hydroxylation is 1. The van der Waals surface area contributed by atoms with Gasteiger partial charge in [-0.3, -0.25) is 4.79 Å². The molecule has 0 fully saturated rings. The second kappa shape index (κ2) is 10.3. The van der Waals surface area contributed by atoms with E-state index in [1.165, 1.54) is 18.2 Å². The maximum absolute atomic E-state index is 12.3. The third-order valence-electron chi connectivity index (χ3n) is 2.69. The number of alkyl halides is 3. The van der Waals surface area contributed by atoms with Crippen molar-refractivity contribution >= 4 is 18.3 Å². The van der Waals surface area contributed by atoms with E-state index in [-0.39, 0.29) is 36.9 Å². The largest absolute Gasteiger partial charge is 0.573 e. The van der Waals surface area contributed by atoms with Gasteiger partial charge in [0, 0.05) is 19.5 Å². The number of amides is 1. The molecule has 4 nitrogen and oxygen atoms in total. The summed E-state index contributed by atoms with van der Waals surface area (Å²) in [6.07, 6.45) is -4.42. The molecule has 0 spiro atoms. The Kier molecular flexibility index (Phi) is 9.60. The third kappa shape index (κ3) is 8.74. The van der Waals surface area contributed by atoms with Gasteiger partial charge in [-0.15, -0.1) is 25.6 Å². The first kappa shape index (κ1) is 20.5. The maximum atomic E-state index is 12.3. The number of ether oxygens (including phenoxy) is 1. The lowest BCUT2D eigenvalue weighted by atomic mass is 10.1. The molecule has 0 atom stereocenters. The standard InChI is InChI=1S/C14H19F3N2O2.ClH/c1-2-18-9-10-19-13(20)8-7-11-5-3-4-6-12(11)21-14(15,16)17;/h3-6,18H,2,7-10H2,1H3,(H,19,20);1H. The second-order valence-corrected chi connectivity index (χ2v) is 4.36. The van der Waals surface area contributed by atoms with Crippen LogP contribution >= 0.6 is 12.4 Å². The average Bonchev–Trinajstić information content (AvgIpc) is 2.41. The Hall–Kier alpha value is -1.47. The third-order valence-corrected chi connectivity index (χ3v) is 2.69. The molecule has 0 aromatic heterocycles. The quantitative estimate of drug-likeness (QED) is 0.715. The SMILES string of the molecule is CCNCCNC(=O)CCc1ccccc1OC(F)(F)F.Cl. The number of carbonyl (C=O) groups is 1. The van der Waals surface area contributed by atoms with Gasteiger partial charge in [0.25, 0.3) is 0 Å². The van der Waals surface area contributed by atoms with Gasteiger partial charge in [0.2, 0.25) is 5.91 Å². The lowest BCUT2D eigenvalue weighted by molar-refractivity contribution is -0.274. The molecule has 1 aromatic rings. The monoisotopic (exact) mass is 340 g/mol. The molecule has 1 aromatic carbocycles. The van der Waals surface area contributed by atoms with E-state index in [0.29, 0.717) is 18.7 Å². The van der Waals surface area contributed by atoms with Crippen LogP contribution in [0.15, 0.2) is 24.3 Å². The van der Waals surface area contributed by atoms with Gasteiger partial charge >= 0.3 is 6.36 Å². The number of hydrogen-bond donors (Lipinski definition) is 2. The summed E-state index contributed by atoms with van der Waals surface area (Å²) in [6.45, 7) is 3.93. The van der Waals surface area contributed by atoms with Crippen LogP contribution in [-0.2, 0) is 11.2 Å². The smallest absolute Gasteiger partial charge is 0.406 e. The van der Waals surface area contributed by atoms with Crippen molar-refractivity contribution in [1.29, 1.82) is 0 Å². The van der Waals surface area contributed by atoms with Crippen molar-refractivity contribution in [2.24, 2.45) is 0 Å². The highest BCUT2D eigenvalue weighted by molar-refractivity contribution is 5.85. The van der Waals surface area contributed by atoms with Crippen LogP contribution in [0.1, 0.15) is 18.9 Å². The molecule has 2 N–H and O–H groups in total. The Morgan fingerprint density at radius 3 is 2.55 bits per heavy atom. The summed E-state index contributed by atoms with van der Waals surface area (Å²) in [4.78, 5) is 11.6. The van der Waals surface area contributed by atoms with E-state index < -0.39 is 6.36 Å². The molecular weight excluding hydrogens is 321 g/mol. The molecule has 8 heteroatoms. The fourth-order valence-corrected chi connectivity index (χ4v) is 1.74. The zero-order chi connectivity index (χ0) is 15.7. The fraction of sp³-hybridized carbons (Fsp3) is 0.500. The number of carbonyl (C=O) groups excluding carboxylic acids is 1. The molecule has 0 aliphatic heterocycles. The number of hydrogen-bond acceptors (Lipinski definition) is 3. The molecule has 0 bridgehead atoms. The molecule has 0 radical (unpaired) electrons. The molecular formula is C14H20ClF3N2O2. The van der Waals surface area contributed by atoms with Crippen molar-refractivity contribution in [3.63, 3.8) is 0 Å². The zero-order valence-corrected chi connectivity index (χ0v) is 13.0. The van der Waals surface area contributed by atoms with Crippen LogP contribution in [0.3, 0.4) is 0 Å². The Morgan fingerprint density at radius 2 is 1.91 bits per heavy atom. The van der Waals surface area contributed by atoms with E-state index >= 15 is 0 Å². The summed E-state index contributed by atoms with van der Waals surface area (Å²) in [7, 11) is 0. The number of rotatable bonds is 8. The lowest BCUT2D eigenvalue weighted by Gasteiger charge is -2.13. The van der Waals surface area contributed by atoms with Gasteiger partial charge in [-0.1, -0.05) is 25.1 Å². The summed E-state index contributed by atoms with van der Waals surface area (Å²) in [5.41, 5.74) is 0.358. The highest BCUT2D eigenvalue weighted by atomic mass is 35.5. The Bertz CT molecular complexity index is 456. The van der Waals surface area contributed by atoms with Crippen molar-refractivity contribution in [2.75, 3.05) is 19.6 Å². The summed E-state index contributed by atoms with van der Waals surface area (Å²) >= 11 is 0. The molecule has 0 aliphatic carbocycles.